The summed E-state index contributed by atoms with van der Waals surface area (Å²) in [5.41, 5.74) is 3.32. The molecule has 0 spiro atoms. The lowest BCUT2D eigenvalue weighted by Crippen LogP contribution is -2.00. The zero-order chi connectivity index (χ0) is 13.1. The van der Waals surface area contributed by atoms with Crippen LogP contribution in [0.5, 0.6) is 0 Å². The average molecular weight is 261 g/mol. The Hall–Kier alpha value is -1.19. The smallest absolute Gasteiger partial charge is 0.115 e. The summed E-state index contributed by atoms with van der Waals surface area (Å²) < 4.78 is 4.11. The van der Waals surface area contributed by atoms with Gasteiger partial charge in [-0.05, 0) is 47.5 Å². The molecule has 0 amide bonds. The third kappa shape index (κ3) is 2.98. The molecule has 0 unspecified atom stereocenters. The molecule has 2 rings (SSSR count). The Morgan fingerprint density at radius 3 is 2.39 bits per heavy atom. The molecule has 0 radical (unpaired) electrons. The fraction of sp³-hybridized carbons (Fsp3) is 0.400. The van der Waals surface area contributed by atoms with Gasteiger partial charge < -0.3 is 5.11 Å². The van der Waals surface area contributed by atoms with Crippen LogP contribution in [0.15, 0.2) is 30.5 Å². The second kappa shape index (κ2) is 5.63. The van der Waals surface area contributed by atoms with Crippen LogP contribution in [0.3, 0.4) is 0 Å². The summed E-state index contributed by atoms with van der Waals surface area (Å²) in [4.78, 5) is 0.937. The fourth-order valence-electron chi connectivity index (χ4n) is 2.02. The van der Waals surface area contributed by atoms with E-state index < -0.39 is 6.10 Å². The maximum atomic E-state index is 10.3. The number of aromatic nitrogens is 1. The maximum absolute atomic E-state index is 10.3. The third-order valence-corrected chi connectivity index (χ3v) is 3.93. The largest absolute Gasteiger partial charge is 0.383 e. The summed E-state index contributed by atoms with van der Waals surface area (Å²) in [7, 11) is 0. The van der Waals surface area contributed by atoms with Crippen LogP contribution in [-0.2, 0) is 6.42 Å². The highest BCUT2D eigenvalue weighted by atomic mass is 32.1. The van der Waals surface area contributed by atoms with Gasteiger partial charge in [0.2, 0.25) is 0 Å². The van der Waals surface area contributed by atoms with Gasteiger partial charge >= 0.3 is 0 Å². The van der Waals surface area contributed by atoms with E-state index in [-0.39, 0.29) is 0 Å². The zero-order valence-electron chi connectivity index (χ0n) is 11.1. The fourth-order valence-corrected chi connectivity index (χ4v) is 2.78. The van der Waals surface area contributed by atoms with Gasteiger partial charge in [-0.25, -0.2) is 4.37 Å². The first kappa shape index (κ1) is 13.2. The van der Waals surface area contributed by atoms with E-state index in [2.05, 4.69) is 30.4 Å². The minimum Gasteiger partial charge on any atom is -0.383 e. The number of aliphatic hydroxyl groups excluding tert-OH is 1. The van der Waals surface area contributed by atoms with Crippen LogP contribution in [0.1, 0.15) is 41.5 Å². The van der Waals surface area contributed by atoms with E-state index in [4.69, 9.17) is 0 Å². The molecule has 0 bridgehead atoms. The molecule has 3 heteroatoms. The van der Waals surface area contributed by atoms with Crippen molar-refractivity contribution in [1.82, 2.24) is 4.37 Å². The molecule has 1 aromatic carbocycles. The quantitative estimate of drug-likeness (QED) is 0.909. The van der Waals surface area contributed by atoms with Crippen molar-refractivity contribution in [1.29, 1.82) is 0 Å². The maximum Gasteiger partial charge on any atom is 0.115 e. The minimum atomic E-state index is -0.550. The number of hydrogen-bond donors (Lipinski definition) is 1. The lowest BCUT2D eigenvalue weighted by molar-refractivity contribution is 0.223. The van der Waals surface area contributed by atoms with E-state index in [1.807, 2.05) is 19.1 Å². The molecule has 0 saturated heterocycles. The van der Waals surface area contributed by atoms with Gasteiger partial charge in [-0.15, -0.1) is 0 Å². The van der Waals surface area contributed by atoms with Crippen molar-refractivity contribution in [3.05, 3.63) is 52.0 Å². The van der Waals surface area contributed by atoms with Crippen LogP contribution in [0.4, 0.5) is 0 Å². The normalized spacial score (nSPS) is 12.9. The van der Waals surface area contributed by atoms with Gasteiger partial charge in [-0.2, -0.15) is 0 Å². The highest BCUT2D eigenvalue weighted by Crippen LogP contribution is 2.27. The van der Waals surface area contributed by atoms with Gasteiger partial charge in [-0.3, -0.25) is 0 Å². The van der Waals surface area contributed by atoms with E-state index in [1.165, 1.54) is 17.1 Å². The number of benzene rings is 1. The summed E-state index contributed by atoms with van der Waals surface area (Å²) in [5, 5.41) is 10.3. The predicted molar refractivity (Wildman–Crippen MR) is 75.9 cm³/mol. The Kier molecular flexibility index (Phi) is 4.15. The Morgan fingerprint density at radius 2 is 1.89 bits per heavy atom. The standard InChI is InChI=1S/C15H19NOS/c1-10(2)8-12-4-6-13(7-5-12)14(17)15-11(3)9-16-18-15/h4-7,9-10,14,17H,8H2,1-3H3/t14-/m1/s1. The first-order valence-corrected chi connectivity index (χ1v) is 7.03. The van der Waals surface area contributed by atoms with E-state index in [9.17, 15) is 5.11 Å². The SMILES string of the molecule is Cc1cnsc1[C@H](O)c1ccc(CC(C)C)cc1. The number of hydrogen-bond acceptors (Lipinski definition) is 3. The highest BCUT2D eigenvalue weighted by molar-refractivity contribution is 7.06. The second-order valence-corrected chi connectivity index (χ2v) is 5.95. The topological polar surface area (TPSA) is 33.1 Å². The summed E-state index contributed by atoms with van der Waals surface area (Å²) in [5.74, 6) is 0.657. The third-order valence-electron chi connectivity index (χ3n) is 2.97. The highest BCUT2D eigenvalue weighted by Gasteiger charge is 2.15. The van der Waals surface area contributed by atoms with Crippen LogP contribution < -0.4 is 0 Å². The molecular formula is C15H19NOS. The molecule has 0 saturated carbocycles. The Morgan fingerprint density at radius 1 is 1.22 bits per heavy atom. The monoisotopic (exact) mass is 261 g/mol. The summed E-state index contributed by atoms with van der Waals surface area (Å²) in [6.45, 7) is 6.40. The van der Waals surface area contributed by atoms with E-state index in [0.717, 1.165) is 22.4 Å². The number of aryl methyl sites for hydroxylation is 1. The molecular weight excluding hydrogens is 242 g/mol. The lowest BCUT2D eigenvalue weighted by atomic mass is 9.99. The van der Waals surface area contributed by atoms with Crippen molar-refractivity contribution in [2.45, 2.75) is 33.3 Å². The van der Waals surface area contributed by atoms with Crippen molar-refractivity contribution in [2.75, 3.05) is 0 Å². The van der Waals surface area contributed by atoms with Crippen molar-refractivity contribution in [3.8, 4) is 0 Å². The van der Waals surface area contributed by atoms with Crippen LogP contribution in [0.2, 0.25) is 0 Å². The molecule has 1 atom stereocenters. The minimum absolute atomic E-state index is 0.550. The molecule has 2 aromatic rings. The van der Waals surface area contributed by atoms with Crippen LogP contribution >= 0.6 is 11.5 Å². The van der Waals surface area contributed by atoms with Crippen LogP contribution in [-0.4, -0.2) is 9.48 Å². The number of nitrogens with zero attached hydrogens (tertiary/aromatic N) is 1. The van der Waals surface area contributed by atoms with Crippen molar-refractivity contribution >= 4 is 11.5 Å². The van der Waals surface area contributed by atoms with Crippen LogP contribution in [0, 0.1) is 12.8 Å². The first-order valence-electron chi connectivity index (χ1n) is 6.26. The molecule has 0 aliphatic carbocycles. The molecule has 0 aliphatic heterocycles. The van der Waals surface area contributed by atoms with Gasteiger partial charge in [0.1, 0.15) is 6.10 Å². The van der Waals surface area contributed by atoms with Crippen molar-refractivity contribution < 1.29 is 5.11 Å². The number of aliphatic hydroxyl groups is 1. The molecule has 1 aromatic heterocycles. The Balaban J connectivity index is 2.17. The van der Waals surface area contributed by atoms with Gasteiger partial charge in [0, 0.05) is 6.20 Å². The average Bonchev–Trinajstić information content (AvgIpc) is 2.75. The Bertz CT molecular complexity index is 501. The predicted octanol–water partition coefficient (Wildman–Crippen LogP) is 3.73. The summed E-state index contributed by atoms with van der Waals surface area (Å²) >= 11 is 1.37. The van der Waals surface area contributed by atoms with Crippen LogP contribution in [0.25, 0.3) is 0 Å². The molecule has 2 nitrogen and oxygen atoms in total. The first-order chi connectivity index (χ1) is 8.58. The molecule has 96 valence electrons. The van der Waals surface area contributed by atoms with Gasteiger partial charge in [-0.1, -0.05) is 38.1 Å². The van der Waals surface area contributed by atoms with Crippen molar-refractivity contribution in [2.24, 2.45) is 5.92 Å². The molecule has 1 N–H and O–H groups in total. The van der Waals surface area contributed by atoms with E-state index in [0.29, 0.717) is 5.92 Å². The van der Waals surface area contributed by atoms with Crippen molar-refractivity contribution in [3.63, 3.8) is 0 Å². The molecule has 0 fully saturated rings. The molecule has 1 heterocycles. The van der Waals surface area contributed by atoms with Gasteiger partial charge in [0.15, 0.2) is 0 Å². The number of rotatable bonds is 4. The Labute approximate surface area is 112 Å². The molecule has 18 heavy (non-hydrogen) atoms. The van der Waals surface area contributed by atoms with Gasteiger partial charge in [0.05, 0.1) is 4.88 Å². The van der Waals surface area contributed by atoms with Gasteiger partial charge in [0.25, 0.3) is 0 Å². The lowest BCUT2D eigenvalue weighted by Gasteiger charge is -2.11. The zero-order valence-corrected chi connectivity index (χ0v) is 11.9. The summed E-state index contributed by atoms with van der Waals surface area (Å²) in [6.07, 6.45) is 2.33. The summed E-state index contributed by atoms with van der Waals surface area (Å²) in [6, 6.07) is 8.24. The second-order valence-electron chi connectivity index (χ2n) is 5.12. The molecule has 0 aliphatic rings. The van der Waals surface area contributed by atoms with E-state index in [1.54, 1.807) is 6.20 Å². The van der Waals surface area contributed by atoms with E-state index >= 15 is 0 Å².